The molecule has 5 nitrogen and oxygen atoms in total. The number of hydrogen-bond acceptors (Lipinski definition) is 4. The summed E-state index contributed by atoms with van der Waals surface area (Å²) in [5.41, 5.74) is 1.90. The Kier molecular flexibility index (Phi) is 5.00. The van der Waals surface area contributed by atoms with Gasteiger partial charge in [0.15, 0.2) is 0 Å². The average Bonchev–Trinajstić information content (AvgIpc) is 3.04. The second-order valence-corrected chi connectivity index (χ2v) is 6.47. The molecule has 2 heterocycles. The molecular formula is C16H20N4OS. The zero-order valence-electron chi connectivity index (χ0n) is 12.4. The van der Waals surface area contributed by atoms with Crippen molar-refractivity contribution in [3.63, 3.8) is 0 Å². The Hall–Kier alpha value is -1.95. The van der Waals surface area contributed by atoms with Gasteiger partial charge in [0.25, 0.3) is 0 Å². The number of amides is 2. The first-order valence-corrected chi connectivity index (χ1v) is 8.58. The summed E-state index contributed by atoms with van der Waals surface area (Å²) in [6, 6.07) is 4.11. The molecule has 0 radical (unpaired) electrons. The maximum absolute atomic E-state index is 11.9. The third-order valence-electron chi connectivity index (χ3n) is 3.85. The van der Waals surface area contributed by atoms with Gasteiger partial charge in [-0.3, -0.25) is 4.98 Å². The zero-order valence-corrected chi connectivity index (χ0v) is 13.2. The number of thiazole rings is 1. The maximum Gasteiger partial charge on any atom is 0.315 e. The summed E-state index contributed by atoms with van der Waals surface area (Å²) in [4.78, 5) is 20.5. The van der Waals surface area contributed by atoms with Gasteiger partial charge >= 0.3 is 6.03 Å². The van der Waals surface area contributed by atoms with E-state index in [2.05, 4.69) is 20.6 Å². The minimum Gasteiger partial charge on any atom is -0.335 e. The number of hydrogen-bond donors (Lipinski definition) is 2. The topological polar surface area (TPSA) is 66.9 Å². The first kappa shape index (κ1) is 15.0. The van der Waals surface area contributed by atoms with Crippen LogP contribution in [0.1, 0.15) is 37.1 Å². The number of aromatic nitrogens is 2. The Balaban J connectivity index is 1.49. The highest BCUT2D eigenvalue weighted by atomic mass is 32.1. The van der Waals surface area contributed by atoms with Crippen LogP contribution >= 0.6 is 11.3 Å². The summed E-state index contributed by atoms with van der Waals surface area (Å²) >= 11 is 1.55. The van der Waals surface area contributed by atoms with Crippen LogP contribution in [0.2, 0.25) is 0 Å². The monoisotopic (exact) mass is 316 g/mol. The lowest BCUT2D eigenvalue weighted by molar-refractivity contribution is 0.232. The molecule has 1 aliphatic rings. The van der Waals surface area contributed by atoms with Crippen molar-refractivity contribution in [2.45, 2.75) is 44.7 Å². The fourth-order valence-corrected chi connectivity index (χ4v) is 3.42. The van der Waals surface area contributed by atoms with Crippen LogP contribution in [-0.2, 0) is 6.54 Å². The molecule has 22 heavy (non-hydrogen) atoms. The van der Waals surface area contributed by atoms with E-state index in [1.807, 2.05) is 17.5 Å². The molecule has 0 aromatic carbocycles. The molecule has 1 saturated carbocycles. The number of nitrogens with zero attached hydrogens (tertiary/aromatic N) is 2. The molecule has 2 aromatic heterocycles. The third kappa shape index (κ3) is 4.04. The highest BCUT2D eigenvalue weighted by Crippen LogP contribution is 2.21. The van der Waals surface area contributed by atoms with Crippen LogP contribution in [0.15, 0.2) is 29.9 Å². The van der Waals surface area contributed by atoms with Crippen molar-refractivity contribution in [1.82, 2.24) is 20.6 Å². The van der Waals surface area contributed by atoms with Gasteiger partial charge < -0.3 is 10.6 Å². The molecule has 2 amide bonds. The zero-order chi connectivity index (χ0) is 15.2. The number of nitrogens with one attached hydrogen (secondary N) is 2. The number of carbonyl (C=O) groups is 1. The van der Waals surface area contributed by atoms with Crippen molar-refractivity contribution in [3.05, 3.63) is 34.9 Å². The summed E-state index contributed by atoms with van der Waals surface area (Å²) in [5, 5.41) is 8.83. The van der Waals surface area contributed by atoms with Crippen molar-refractivity contribution in [1.29, 1.82) is 0 Å². The van der Waals surface area contributed by atoms with Crippen LogP contribution in [0.25, 0.3) is 11.3 Å². The van der Waals surface area contributed by atoms with Gasteiger partial charge in [-0.1, -0.05) is 19.3 Å². The van der Waals surface area contributed by atoms with E-state index < -0.39 is 0 Å². The molecule has 0 bridgehead atoms. The molecular weight excluding hydrogens is 296 g/mol. The molecule has 116 valence electrons. The number of pyridine rings is 1. The van der Waals surface area contributed by atoms with Gasteiger partial charge in [-0.2, -0.15) is 0 Å². The second-order valence-electron chi connectivity index (χ2n) is 5.53. The van der Waals surface area contributed by atoms with Gasteiger partial charge in [-0.15, -0.1) is 11.3 Å². The van der Waals surface area contributed by atoms with Crippen LogP contribution in [-0.4, -0.2) is 22.0 Å². The number of urea groups is 1. The molecule has 0 saturated heterocycles. The smallest absolute Gasteiger partial charge is 0.315 e. The number of carbonyl (C=O) groups excluding carboxylic acids is 1. The van der Waals surface area contributed by atoms with E-state index in [4.69, 9.17) is 0 Å². The minimum atomic E-state index is -0.0926. The first-order chi connectivity index (χ1) is 10.8. The van der Waals surface area contributed by atoms with Crippen LogP contribution in [0.4, 0.5) is 4.79 Å². The fourth-order valence-electron chi connectivity index (χ4n) is 2.68. The third-order valence-corrected chi connectivity index (χ3v) is 4.70. The highest BCUT2D eigenvalue weighted by molar-refractivity contribution is 7.09. The lowest BCUT2D eigenvalue weighted by atomic mass is 9.96. The molecule has 2 N–H and O–H groups in total. The van der Waals surface area contributed by atoms with Gasteiger partial charge in [0.1, 0.15) is 5.01 Å². The maximum atomic E-state index is 11.9. The van der Waals surface area contributed by atoms with Crippen LogP contribution < -0.4 is 10.6 Å². The van der Waals surface area contributed by atoms with E-state index in [-0.39, 0.29) is 6.03 Å². The van der Waals surface area contributed by atoms with Crippen LogP contribution in [0, 0.1) is 0 Å². The molecule has 0 spiro atoms. The predicted octanol–water partition coefficient (Wildman–Crippen LogP) is 3.34. The van der Waals surface area contributed by atoms with E-state index in [1.54, 1.807) is 23.7 Å². The summed E-state index contributed by atoms with van der Waals surface area (Å²) in [5.74, 6) is 0. The molecule has 0 aliphatic heterocycles. The summed E-state index contributed by atoms with van der Waals surface area (Å²) in [7, 11) is 0. The van der Waals surface area contributed by atoms with Crippen molar-refractivity contribution in [2.75, 3.05) is 0 Å². The predicted molar refractivity (Wildman–Crippen MR) is 87.6 cm³/mol. The van der Waals surface area contributed by atoms with Gasteiger partial charge in [-0.25, -0.2) is 9.78 Å². The Morgan fingerprint density at radius 1 is 1.32 bits per heavy atom. The van der Waals surface area contributed by atoms with E-state index in [9.17, 15) is 4.79 Å². The SMILES string of the molecule is O=C(NCc1nc(-c2cccnc2)cs1)NC1CCCCC1. The lowest BCUT2D eigenvalue weighted by Crippen LogP contribution is -2.42. The van der Waals surface area contributed by atoms with Gasteiger partial charge in [0.05, 0.1) is 12.2 Å². The van der Waals surface area contributed by atoms with Crippen molar-refractivity contribution in [3.8, 4) is 11.3 Å². The largest absolute Gasteiger partial charge is 0.335 e. The molecule has 2 aromatic rings. The van der Waals surface area contributed by atoms with Gasteiger partial charge in [0.2, 0.25) is 0 Å². The van der Waals surface area contributed by atoms with Crippen LogP contribution in [0.5, 0.6) is 0 Å². The van der Waals surface area contributed by atoms with Crippen LogP contribution in [0.3, 0.4) is 0 Å². The Labute approximate surface area is 134 Å². The first-order valence-electron chi connectivity index (χ1n) is 7.70. The molecule has 6 heteroatoms. The van der Waals surface area contributed by atoms with Gasteiger partial charge in [0, 0.05) is 29.4 Å². The average molecular weight is 316 g/mol. The second kappa shape index (κ2) is 7.35. The molecule has 3 rings (SSSR count). The highest BCUT2D eigenvalue weighted by Gasteiger charge is 2.15. The van der Waals surface area contributed by atoms with Crippen molar-refractivity contribution >= 4 is 17.4 Å². The Bertz CT molecular complexity index is 608. The van der Waals surface area contributed by atoms with E-state index in [0.29, 0.717) is 12.6 Å². The summed E-state index contributed by atoms with van der Waals surface area (Å²) < 4.78 is 0. The van der Waals surface area contributed by atoms with E-state index >= 15 is 0 Å². The summed E-state index contributed by atoms with van der Waals surface area (Å²) in [6.45, 7) is 0.462. The van der Waals surface area contributed by atoms with E-state index in [1.165, 1.54) is 19.3 Å². The van der Waals surface area contributed by atoms with Crippen molar-refractivity contribution in [2.24, 2.45) is 0 Å². The normalized spacial score (nSPS) is 15.5. The molecule has 0 unspecified atom stereocenters. The summed E-state index contributed by atoms with van der Waals surface area (Å²) in [6.07, 6.45) is 9.44. The standard InChI is InChI=1S/C16H20N4OS/c21-16(19-13-6-2-1-3-7-13)18-10-15-20-14(11-22-15)12-5-4-8-17-9-12/h4-5,8-9,11,13H,1-3,6-7,10H2,(H2,18,19,21). The van der Waals surface area contributed by atoms with Gasteiger partial charge in [-0.05, 0) is 25.0 Å². The van der Waals surface area contributed by atoms with Crippen molar-refractivity contribution < 1.29 is 4.79 Å². The fraction of sp³-hybridized carbons (Fsp3) is 0.438. The quantitative estimate of drug-likeness (QED) is 0.909. The molecule has 1 aliphatic carbocycles. The van der Waals surface area contributed by atoms with E-state index in [0.717, 1.165) is 29.1 Å². The lowest BCUT2D eigenvalue weighted by Gasteiger charge is -2.22. The molecule has 0 atom stereocenters. The Morgan fingerprint density at radius 3 is 2.95 bits per heavy atom. The Morgan fingerprint density at radius 2 is 2.18 bits per heavy atom. The number of rotatable bonds is 4. The molecule has 1 fully saturated rings. The minimum absolute atomic E-state index is 0.0926.